The third kappa shape index (κ3) is 5.44. The normalized spacial score (nSPS) is 23.5. The maximum absolute atomic E-state index is 13.2. The number of aliphatic imine (C=N–C) groups is 1. The molecule has 0 radical (unpaired) electrons. The molecule has 0 N–H and O–H groups in total. The summed E-state index contributed by atoms with van der Waals surface area (Å²) in [5.41, 5.74) is 1.75. The number of amidine groups is 1. The lowest BCUT2D eigenvalue weighted by molar-refractivity contribution is -0.119. The van der Waals surface area contributed by atoms with E-state index in [1.165, 1.54) is 11.8 Å². The number of anilines is 1. The van der Waals surface area contributed by atoms with Crippen molar-refractivity contribution in [2.24, 2.45) is 4.99 Å². The first-order valence-electron chi connectivity index (χ1n) is 11.5. The van der Waals surface area contributed by atoms with Crippen LogP contribution in [-0.4, -0.2) is 48.9 Å². The first-order chi connectivity index (χ1) is 15.9. The van der Waals surface area contributed by atoms with E-state index in [1.807, 2.05) is 66.4 Å². The molecular weight excluding hydrogens is 456 g/mol. The lowest BCUT2D eigenvalue weighted by Gasteiger charge is -2.25. The van der Waals surface area contributed by atoms with E-state index in [2.05, 4.69) is 11.9 Å². The second kappa shape index (κ2) is 10.3. The molecule has 4 rings (SSSR count). The van der Waals surface area contributed by atoms with E-state index in [0.717, 1.165) is 29.8 Å². The molecular formula is C25H30N2O4S2. The van der Waals surface area contributed by atoms with Crippen LogP contribution < -0.4 is 9.64 Å². The van der Waals surface area contributed by atoms with Crippen LogP contribution in [0.2, 0.25) is 0 Å². The van der Waals surface area contributed by atoms with Gasteiger partial charge in [-0.15, -0.1) is 0 Å². The third-order valence-electron chi connectivity index (χ3n) is 6.04. The van der Waals surface area contributed by atoms with Crippen molar-refractivity contribution in [3.05, 3.63) is 60.2 Å². The van der Waals surface area contributed by atoms with E-state index in [4.69, 9.17) is 4.74 Å². The topological polar surface area (TPSA) is 76.0 Å². The summed E-state index contributed by atoms with van der Waals surface area (Å²) >= 11 is 1.40. The Bertz CT molecular complexity index is 1120. The van der Waals surface area contributed by atoms with Crippen LogP contribution >= 0.6 is 11.8 Å². The molecule has 2 aromatic rings. The molecule has 6 nitrogen and oxygen atoms in total. The number of sulfone groups is 1. The number of ether oxygens (including phenoxy) is 1. The number of carbonyl (C=O) groups is 1. The highest BCUT2D eigenvalue weighted by Gasteiger charge is 2.49. The maximum Gasteiger partial charge on any atom is 0.255 e. The molecule has 2 heterocycles. The largest absolute Gasteiger partial charge is 0.494 e. The molecule has 0 unspecified atom stereocenters. The Balaban J connectivity index is 1.66. The number of amides is 1. The highest BCUT2D eigenvalue weighted by atomic mass is 32.2. The van der Waals surface area contributed by atoms with Gasteiger partial charge in [0.05, 0.1) is 30.1 Å². The van der Waals surface area contributed by atoms with Gasteiger partial charge in [-0.1, -0.05) is 68.4 Å². The lowest BCUT2D eigenvalue weighted by atomic mass is 9.96. The molecule has 2 fully saturated rings. The molecule has 0 spiro atoms. The number of nitrogens with zero attached hydrogens (tertiary/aromatic N) is 2. The van der Waals surface area contributed by atoms with Gasteiger partial charge in [0.2, 0.25) is 0 Å². The Kier molecular flexibility index (Phi) is 7.44. The van der Waals surface area contributed by atoms with Crippen molar-refractivity contribution in [1.29, 1.82) is 0 Å². The summed E-state index contributed by atoms with van der Waals surface area (Å²) in [6.07, 6.45) is 2.65. The van der Waals surface area contributed by atoms with Gasteiger partial charge in [-0.3, -0.25) is 4.79 Å². The highest BCUT2D eigenvalue weighted by Crippen LogP contribution is 2.42. The van der Waals surface area contributed by atoms with Crippen molar-refractivity contribution >= 4 is 38.4 Å². The van der Waals surface area contributed by atoms with Crippen molar-refractivity contribution in [1.82, 2.24) is 0 Å². The van der Waals surface area contributed by atoms with Gasteiger partial charge >= 0.3 is 0 Å². The minimum absolute atomic E-state index is 0.0642. The summed E-state index contributed by atoms with van der Waals surface area (Å²) in [6.45, 7) is 4.72. The molecule has 2 saturated heterocycles. The van der Waals surface area contributed by atoms with Gasteiger partial charge in [-0.2, -0.15) is 4.99 Å². The molecule has 8 heteroatoms. The Labute approximate surface area is 200 Å². The Hall–Kier alpha value is -2.32. The molecule has 2 aliphatic rings. The van der Waals surface area contributed by atoms with Gasteiger partial charge in [0.1, 0.15) is 5.75 Å². The highest BCUT2D eigenvalue weighted by molar-refractivity contribution is 8.16. The molecule has 0 aromatic heterocycles. The van der Waals surface area contributed by atoms with E-state index in [-0.39, 0.29) is 34.6 Å². The van der Waals surface area contributed by atoms with E-state index in [0.29, 0.717) is 18.2 Å². The number of hydrogen-bond donors (Lipinski definition) is 0. The van der Waals surface area contributed by atoms with Crippen molar-refractivity contribution in [3.8, 4) is 5.75 Å². The van der Waals surface area contributed by atoms with Gasteiger partial charge in [0.25, 0.3) is 5.91 Å². The molecule has 1 amide bonds. The summed E-state index contributed by atoms with van der Waals surface area (Å²) in [5.74, 6) is 0.378. The number of rotatable bonds is 8. The molecule has 0 bridgehead atoms. The molecule has 176 valence electrons. The zero-order valence-corrected chi connectivity index (χ0v) is 20.6. The number of carbonyl (C=O) groups excluding carboxylic acids is 1. The first-order valence-corrected chi connectivity index (χ1v) is 14.2. The minimum Gasteiger partial charge on any atom is -0.494 e. The molecule has 0 saturated carbocycles. The predicted molar refractivity (Wildman–Crippen MR) is 135 cm³/mol. The summed E-state index contributed by atoms with van der Waals surface area (Å²) in [7, 11) is -3.12. The number of unbranched alkanes of at least 4 members (excludes halogenated alkanes) is 1. The summed E-state index contributed by atoms with van der Waals surface area (Å²) in [5, 5.41) is 0.438. The summed E-state index contributed by atoms with van der Waals surface area (Å²) in [4.78, 5) is 19.7. The van der Waals surface area contributed by atoms with Crippen molar-refractivity contribution in [2.45, 2.75) is 50.3 Å². The third-order valence-corrected chi connectivity index (χ3v) is 9.25. The number of thioether (sulfide) groups is 1. The summed E-state index contributed by atoms with van der Waals surface area (Å²) < 4.78 is 30.6. The van der Waals surface area contributed by atoms with E-state index in [9.17, 15) is 13.2 Å². The molecule has 33 heavy (non-hydrogen) atoms. The van der Waals surface area contributed by atoms with Gasteiger partial charge in [0, 0.05) is 17.0 Å². The first kappa shape index (κ1) is 23.8. The number of fused-ring (bicyclic) bond motifs is 1. The Morgan fingerprint density at radius 1 is 1.15 bits per heavy atom. The standard InChI is InChI=1S/C25H30N2O4S2/c1-3-5-14-31-20-13-9-12-19(15-20)27-22-16-33(29,30)17-23(22)32-25(27)26-24(28)21(4-2)18-10-7-6-8-11-18/h6-13,15,21-23H,3-5,14,16-17H2,1-2H3/t21-,22+,23-/m1/s1. The van der Waals surface area contributed by atoms with Crippen LogP contribution in [0.15, 0.2) is 59.6 Å². The average Bonchev–Trinajstić information content (AvgIpc) is 3.26. The second-order valence-corrected chi connectivity index (χ2v) is 11.8. The maximum atomic E-state index is 13.2. The van der Waals surface area contributed by atoms with E-state index in [1.54, 1.807) is 0 Å². The van der Waals surface area contributed by atoms with Crippen LogP contribution in [0.5, 0.6) is 5.75 Å². The van der Waals surface area contributed by atoms with Gasteiger partial charge in [0.15, 0.2) is 15.0 Å². The summed E-state index contributed by atoms with van der Waals surface area (Å²) in [6, 6.07) is 17.1. The average molecular weight is 487 g/mol. The fourth-order valence-electron chi connectivity index (χ4n) is 4.33. The van der Waals surface area contributed by atoms with Crippen LogP contribution in [0, 0.1) is 0 Å². The Morgan fingerprint density at radius 3 is 2.67 bits per heavy atom. The monoisotopic (exact) mass is 486 g/mol. The fourth-order valence-corrected chi connectivity index (χ4v) is 8.25. The SMILES string of the molecule is CCCCOc1cccc(N2C(=NC(=O)[C@H](CC)c3ccccc3)S[C@@H]3CS(=O)(=O)C[C@@H]32)c1. The van der Waals surface area contributed by atoms with Gasteiger partial charge in [-0.05, 0) is 30.5 Å². The smallest absolute Gasteiger partial charge is 0.255 e. The fraction of sp³-hybridized carbons (Fsp3) is 0.440. The predicted octanol–water partition coefficient (Wildman–Crippen LogP) is 4.66. The molecule has 2 aromatic carbocycles. The van der Waals surface area contributed by atoms with Crippen LogP contribution in [0.25, 0.3) is 0 Å². The molecule has 3 atom stereocenters. The van der Waals surface area contributed by atoms with Crippen LogP contribution in [0.4, 0.5) is 5.69 Å². The second-order valence-electron chi connectivity index (χ2n) is 8.47. The van der Waals surface area contributed by atoms with Crippen LogP contribution in [0.3, 0.4) is 0 Å². The minimum atomic E-state index is -3.12. The molecule has 0 aliphatic carbocycles. The van der Waals surface area contributed by atoms with Crippen molar-refractivity contribution in [2.75, 3.05) is 23.0 Å². The van der Waals surface area contributed by atoms with Crippen LogP contribution in [-0.2, 0) is 14.6 Å². The van der Waals surface area contributed by atoms with E-state index < -0.39 is 9.84 Å². The Morgan fingerprint density at radius 2 is 1.94 bits per heavy atom. The van der Waals surface area contributed by atoms with Crippen molar-refractivity contribution in [3.63, 3.8) is 0 Å². The zero-order valence-electron chi connectivity index (χ0n) is 19.0. The lowest BCUT2D eigenvalue weighted by Crippen LogP contribution is -2.37. The van der Waals surface area contributed by atoms with Gasteiger partial charge in [-0.25, -0.2) is 8.42 Å². The zero-order chi connectivity index (χ0) is 23.4. The quantitative estimate of drug-likeness (QED) is 0.505. The van der Waals surface area contributed by atoms with E-state index >= 15 is 0 Å². The molecule has 2 aliphatic heterocycles. The van der Waals surface area contributed by atoms with Crippen molar-refractivity contribution < 1.29 is 17.9 Å². The van der Waals surface area contributed by atoms with Gasteiger partial charge < -0.3 is 9.64 Å². The number of hydrogen-bond acceptors (Lipinski definition) is 5. The number of benzene rings is 2. The van der Waals surface area contributed by atoms with Crippen LogP contribution in [0.1, 0.15) is 44.6 Å².